The number of amides is 1. The standard InChI is InChI=1S/C23H27N5O3/c1-16-9-10-21(17(2)13-16)27-22(18-7-6-8-19(14-18)28(30)31)15-20(24-27)23(29)25-26-11-4-3-5-12-26/h6-10,13-14,22H,3-5,11-12,15H2,1-2H3,(H,25,29). The van der Waals surface area contributed by atoms with Crippen molar-refractivity contribution in [2.75, 3.05) is 18.1 Å². The number of hydrogen-bond acceptors (Lipinski definition) is 6. The lowest BCUT2D eigenvalue weighted by Gasteiger charge is -2.26. The number of hydrazone groups is 1. The van der Waals surface area contributed by atoms with Crippen LogP contribution in [0.2, 0.25) is 0 Å². The number of nitrogens with one attached hydrogen (secondary N) is 1. The lowest BCUT2D eigenvalue weighted by Crippen LogP contribution is -2.47. The lowest BCUT2D eigenvalue weighted by atomic mass is 9.99. The third-order valence-corrected chi connectivity index (χ3v) is 5.85. The highest BCUT2D eigenvalue weighted by Gasteiger charge is 2.34. The SMILES string of the molecule is Cc1ccc(N2N=C(C(=O)NN3CCCCC3)CC2c2cccc([N+](=O)[O-])c2)c(C)c1. The predicted molar refractivity (Wildman–Crippen MR) is 120 cm³/mol. The van der Waals surface area contributed by atoms with E-state index < -0.39 is 4.92 Å². The molecule has 0 saturated carbocycles. The summed E-state index contributed by atoms with van der Waals surface area (Å²) in [6.07, 6.45) is 3.70. The zero-order valence-corrected chi connectivity index (χ0v) is 17.9. The first-order valence-corrected chi connectivity index (χ1v) is 10.7. The summed E-state index contributed by atoms with van der Waals surface area (Å²) in [5, 5.41) is 19.8. The number of rotatable bonds is 5. The highest BCUT2D eigenvalue weighted by atomic mass is 16.6. The Bertz CT molecular complexity index is 1030. The summed E-state index contributed by atoms with van der Waals surface area (Å²) in [7, 11) is 0. The van der Waals surface area contributed by atoms with E-state index in [9.17, 15) is 14.9 Å². The maximum atomic E-state index is 13.0. The van der Waals surface area contributed by atoms with Crippen LogP contribution >= 0.6 is 0 Å². The number of nitro groups is 1. The van der Waals surface area contributed by atoms with Crippen molar-refractivity contribution in [3.63, 3.8) is 0 Å². The van der Waals surface area contributed by atoms with Gasteiger partial charge in [-0.15, -0.1) is 0 Å². The van der Waals surface area contributed by atoms with Gasteiger partial charge < -0.3 is 0 Å². The van der Waals surface area contributed by atoms with E-state index in [0.717, 1.165) is 48.3 Å². The molecule has 2 aromatic rings. The van der Waals surface area contributed by atoms with Gasteiger partial charge in [-0.3, -0.25) is 25.3 Å². The van der Waals surface area contributed by atoms with Crippen LogP contribution in [0.25, 0.3) is 0 Å². The van der Waals surface area contributed by atoms with Crippen LogP contribution in [0, 0.1) is 24.0 Å². The number of carbonyl (C=O) groups is 1. The average Bonchev–Trinajstić information content (AvgIpc) is 3.20. The van der Waals surface area contributed by atoms with Gasteiger partial charge in [0.1, 0.15) is 5.71 Å². The van der Waals surface area contributed by atoms with Gasteiger partial charge >= 0.3 is 0 Å². The second-order valence-electron chi connectivity index (χ2n) is 8.24. The fourth-order valence-electron chi connectivity index (χ4n) is 4.25. The van der Waals surface area contributed by atoms with Gasteiger partial charge in [-0.05, 0) is 43.9 Å². The van der Waals surface area contributed by atoms with Crippen molar-refractivity contribution in [1.29, 1.82) is 0 Å². The zero-order valence-electron chi connectivity index (χ0n) is 17.9. The monoisotopic (exact) mass is 421 g/mol. The van der Waals surface area contributed by atoms with E-state index in [1.807, 2.05) is 42.1 Å². The summed E-state index contributed by atoms with van der Waals surface area (Å²) in [5.74, 6) is -0.204. The van der Waals surface area contributed by atoms with Gasteiger partial charge in [-0.25, -0.2) is 5.01 Å². The lowest BCUT2D eigenvalue weighted by molar-refractivity contribution is -0.384. The first-order valence-electron chi connectivity index (χ1n) is 10.7. The van der Waals surface area contributed by atoms with Gasteiger partial charge in [0.2, 0.25) is 0 Å². The largest absolute Gasteiger partial charge is 0.284 e. The number of hydrazine groups is 1. The van der Waals surface area contributed by atoms with Gasteiger partial charge in [0.15, 0.2) is 0 Å². The molecule has 1 atom stereocenters. The highest BCUT2D eigenvalue weighted by molar-refractivity contribution is 6.39. The number of nitrogens with zero attached hydrogens (tertiary/aromatic N) is 4. The summed E-state index contributed by atoms with van der Waals surface area (Å²) in [6.45, 7) is 5.72. The van der Waals surface area contributed by atoms with Crippen molar-refractivity contribution in [2.45, 2.75) is 45.6 Å². The first kappa shape index (κ1) is 21.0. The van der Waals surface area contributed by atoms with E-state index in [1.54, 1.807) is 12.1 Å². The van der Waals surface area contributed by atoms with Crippen molar-refractivity contribution in [3.8, 4) is 0 Å². The van der Waals surface area contributed by atoms with Crippen molar-refractivity contribution >= 4 is 23.0 Å². The fraction of sp³-hybridized carbons (Fsp3) is 0.391. The van der Waals surface area contributed by atoms with Crippen molar-refractivity contribution < 1.29 is 9.72 Å². The molecule has 4 rings (SSSR count). The third-order valence-electron chi connectivity index (χ3n) is 5.85. The van der Waals surface area contributed by atoms with Crippen molar-refractivity contribution in [1.82, 2.24) is 10.4 Å². The summed E-state index contributed by atoms with van der Waals surface area (Å²) in [4.78, 5) is 23.9. The van der Waals surface area contributed by atoms with Crippen molar-refractivity contribution in [2.24, 2.45) is 5.10 Å². The van der Waals surface area contributed by atoms with Gasteiger partial charge in [-0.2, -0.15) is 5.10 Å². The van der Waals surface area contributed by atoms with E-state index in [2.05, 4.69) is 16.6 Å². The molecule has 1 saturated heterocycles. The molecule has 0 bridgehead atoms. The van der Waals surface area contributed by atoms with Gasteiger partial charge in [0.25, 0.3) is 11.6 Å². The van der Waals surface area contributed by atoms with Crippen LogP contribution in [-0.2, 0) is 4.79 Å². The Morgan fingerprint density at radius 2 is 1.90 bits per heavy atom. The molecule has 8 nitrogen and oxygen atoms in total. The molecule has 162 valence electrons. The molecule has 1 unspecified atom stereocenters. The summed E-state index contributed by atoms with van der Waals surface area (Å²) >= 11 is 0. The number of benzene rings is 2. The molecular weight excluding hydrogens is 394 g/mol. The number of non-ortho nitro benzene ring substituents is 1. The Morgan fingerprint density at radius 1 is 1.13 bits per heavy atom. The third kappa shape index (κ3) is 4.59. The number of hydrogen-bond donors (Lipinski definition) is 1. The van der Waals surface area contributed by atoms with Gasteiger partial charge in [-0.1, -0.05) is 36.2 Å². The smallest absolute Gasteiger partial charge is 0.281 e. The predicted octanol–water partition coefficient (Wildman–Crippen LogP) is 4.04. The van der Waals surface area contributed by atoms with Crippen LogP contribution in [0.15, 0.2) is 47.6 Å². The van der Waals surface area contributed by atoms with E-state index in [-0.39, 0.29) is 17.6 Å². The Kier molecular flexibility index (Phi) is 5.99. The van der Waals surface area contributed by atoms with Gasteiger partial charge in [0, 0.05) is 31.6 Å². The Balaban J connectivity index is 1.66. The number of anilines is 1. The van der Waals surface area contributed by atoms with Gasteiger partial charge in [0.05, 0.1) is 16.7 Å². The topological polar surface area (TPSA) is 91.1 Å². The summed E-state index contributed by atoms with van der Waals surface area (Å²) in [6, 6.07) is 12.4. The normalized spacial score (nSPS) is 19.2. The molecule has 0 spiro atoms. The molecule has 0 radical (unpaired) electrons. The number of piperidine rings is 1. The Labute approximate surface area is 181 Å². The van der Waals surface area contributed by atoms with Crippen LogP contribution in [-0.4, -0.2) is 34.6 Å². The molecule has 2 aliphatic heterocycles. The molecule has 0 aliphatic carbocycles. The van der Waals surface area contributed by atoms with Crippen LogP contribution in [0.3, 0.4) is 0 Å². The Morgan fingerprint density at radius 3 is 2.61 bits per heavy atom. The zero-order chi connectivity index (χ0) is 22.0. The molecule has 8 heteroatoms. The molecule has 1 amide bonds. The van der Waals surface area contributed by atoms with E-state index in [4.69, 9.17) is 0 Å². The first-order chi connectivity index (χ1) is 14.9. The quantitative estimate of drug-likeness (QED) is 0.581. The van der Waals surface area contributed by atoms with Crippen LogP contribution in [0.5, 0.6) is 0 Å². The van der Waals surface area contributed by atoms with Crippen LogP contribution in [0.1, 0.15) is 48.4 Å². The summed E-state index contributed by atoms with van der Waals surface area (Å²) < 4.78 is 0. The Hall–Kier alpha value is -3.26. The molecule has 1 N–H and O–H groups in total. The summed E-state index contributed by atoms with van der Waals surface area (Å²) in [5.41, 5.74) is 7.28. The number of nitro benzene ring substituents is 1. The van der Waals surface area contributed by atoms with E-state index in [0.29, 0.717) is 12.1 Å². The molecule has 1 fully saturated rings. The molecule has 0 aromatic heterocycles. The van der Waals surface area contributed by atoms with Crippen molar-refractivity contribution in [3.05, 3.63) is 69.3 Å². The second-order valence-corrected chi connectivity index (χ2v) is 8.24. The van der Waals surface area contributed by atoms with E-state index in [1.165, 1.54) is 12.5 Å². The molecule has 2 aliphatic rings. The molecule has 2 aromatic carbocycles. The number of aryl methyl sites for hydroxylation is 2. The minimum atomic E-state index is -0.398. The number of carbonyl (C=O) groups excluding carboxylic acids is 1. The molecular formula is C23H27N5O3. The van der Waals surface area contributed by atoms with Crippen LogP contribution < -0.4 is 10.4 Å². The maximum Gasteiger partial charge on any atom is 0.281 e. The molecule has 2 heterocycles. The fourth-order valence-corrected chi connectivity index (χ4v) is 4.25. The second kappa shape index (κ2) is 8.85. The minimum Gasteiger partial charge on any atom is -0.284 e. The minimum absolute atomic E-state index is 0.0318. The average molecular weight is 422 g/mol. The van der Waals surface area contributed by atoms with E-state index >= 15 is 0 Å². The molecule has 31 heavy (non-hydrogen) atoms. The highest BCUT2D eigenvalue weighted by Crippen LogP contribution is 2.38. The van der Waals surface area contributed by atoms with Crippen LogP contribution in [0.4, 0.5) is 11.4 Å². The maximum absolute atomic E-state index is 13.0.